The van der Waals surface area contributed by atoms with Gasteiger partial charge in [-0.25, -0.2) is 14.8 Å². The fourth-order valence-electron chi connectivity index (χ4n) is 12.7. The maximum atomic E-state index is 13.7. The molecule has 66 heavy (non-hydrogen) atoms. The topological polar surface area (TPSA) is 224 Å². The van der Waals surface area contributed by atoms with Crippen LogP contribution in [-0.2, 0) is 29.0 Å². The number of aromatic nitrogens is 4. The van der Waals surface area contributed by atoms with Crippen LogP contribution in [0.3, 0.4) is 0 Å². The molecule has 4 saturated carbocycles. The number of anilines is 2. The third-order valence-corrected chi connectivity index (χ3v) is 15.5. The summed E-state index contributed by atoms with van der Waals surface area (Å²) < 4.78 is 9.90. The number of aliphatic hydroxyl groups excluding tert-OH is 2. The lowest BCUT2D eigenvalue weighted by Gasteiger charge is -2.69. The number of carbonyl (C=O) groups excluding carboxylic acids is 2. The van der Waals surface area contributed by atoms with E-state index in [0.717, 1.165) is 71.1 Å². The molecule has 2 amide bonds. The number of hydrogen-bond donors (Lipinski definition) is 7. The normalized spacial score (nSPS) is 25.2. The molecule has 17 heteroatoms. The Morgan fingerprint density at radius 2 is 1.71 bits per heavy atom. The third kappa shape index (κ3) is 8.96. The molecule has 7 N–H and O–H groups in total. The van der Waals surface area contributed by atoms with Crippen molar-refractivity contribution in [1.29, 1.82) is 0 Å². The van der Waals surface area contributed by atoms with Crippen LogP contribution in [0, 0.1) is 23.2 Å². The van der Waals surface area contributed by atoms with Crippen molar-refractivity contribution < 1.29 is 39.5 Å². The van der Waals surface area contributed by atoms with Gasteiger partial charge in [-0.05, 0) is 116 Å². The SMILES string of the molecule is Cc1c(-c2ccc(N3CCc4cccc(C(=O)Nc5nc6ccccc6s5)c4C3)nc2C(=O)O)cnn1CC12CC3(C)CC(C)(C1)CC(OCCNCCC(=O)NC(C)(CO)C(O)O)(C3)C2. The van der Waals surface area contributed by atoms with Crippen LogP contribution < -0.4 is 20.9 Å². The summed E-state index contributed by atoms with van der Waals surface area (Å²) in [5, 5.41) is 53.4. The van der Waals surface area contributed by atoms with Crippen LogP contribution in [0.4, 0.5) is 10.9 Å². The third-order valence-electron chi connectivity index (χ3n) is 14.5. The molecule has 4 fully saturated rings. The molecule has 16 nitrogen and oxygen atoms in total. The van der Waals surface area contributed by atoms with E-state index in [1.54, 1.807) is 6.20 Å². The molecule has 5 aromatic rings. The van der Waals surface area contributed by atoms with Crippen LogP contribution in [0.1, 0.15) is 103 Å². The molecule has 4 bridgehead atoms. The number of thiazole rings is 1. The number of carboxylic acid groups (broad SMARTS) is 1. The number of aromatic carboxylic acids is 1. The van der Waals surface area contributed by atoms with Gasteiger partial charge >= 0.3 is 5.97 Å². The second-order valence-corrected chi connectivity index (χ2v) is 21.5. The van der Waals surface area contributed by atoms with Gasteiger partial charge in [-0.1, -0.05) is 49.4 Å². The minimum Gasteiger partial charge on any atom is -0.476 e. The number of fused-ring (bicyclic) bond motifs is 2. The molecule has 0 radical (unpaired) electrons. The number of ether oxygens (including phenoxy) is 1. The zero-order chi connectivity index (χ0) is 46.6. The monoisotopic (exact) mass is 920 g/mol. The average Bonchev–Trinajstić information content (AvgIpc) is 3.84. The fourth-order valence-corrected chi connectivity index (χ4v) is 13.5. The first kappa shape index (κ1) is 45.8. The second kappa shape index (κ2) is 17.4. The first-order valence-corrected chi connectivity index (χ1v) is 23.7. The van der Waals surface area contributed by atoms with E-state index < -0.39 is 30.3 Å². The Labute approximate surface area is 387 Å². The molecule has 3 atom stereocenters. The van der Waals surface area contributed by atoms with Crippen molar-refractivity contribution in [3.05, 3.63) is 88.9 Å². The largest absolute Gasteiger partial charge is 0.476 e. The van der Waals surface area contributed by atoms with Crippen LogP contribution in [0.5, 0.6) is 0 Å². The van der Waals surface area contributed by atoms with Gasteiger partial charge in [0, 0.05) is 61.5 Å². The van der Waals surface area contributed by atoms with Gasteiger partial charge in [0.15, 0.2) is 17.1 Å². The van der Waals surface area contributed by atoms with Crippen molar-refractivity contribution in [3.63, 3.8) is 0 Å². The predicted molar refractivity (Wildman–Crippen MR) is 250 cm³/mol. The molecular weight excluding hydrogens is 861 g/mol. The highest BCUT2D eigenvalue weighted by Gasteiger charge is 2.66. The molecule has 0 spiro atoms. The highest BCUT2D eigenvalue weighted by molar-refractivity contribution is 7.22. The number of amides is 2. The first-order chi connectivity index (χ1) is 31.4. The Morgan fingerprint density at radius 1 is 0.939 bits per heavy atom. The zero-order valence-electron chi connectivity index (χ0n) is 38.0. The molecule has 2 aromatic carbocycles. The number of para-hydroxylation sites is 1. The van der Waals surface area contributed by atoms with Crippen molar-refractivity contribution in [2.24, 2.45) is 16.2 Å². The summed E-state index contributed by atoms with van der Waals surface area (Å²) in [5.41, 5.74) is 3.70. The Kier molecular flexibility index (Phi) is 12.1. The lowest BCUT2D eigenvalue weighted by atomic mass is 9.39. The van der Waals surface area contributed by atoms with Crippen molar-refractivity contribution in [1.82, 2.24) is 30.4 Å². The summed E-state index contributed by atoms with van der Waals surface area (Å²) in [6.45, 7) is 10.6. The molecule has 5 aliphatic rings. The summed E-state index contributed by atoms with van der Waals surface area (Å²) in [6.07, 6.45) is 6.76. The van der Waals surface area contributed by atoms with Crippen LogP contribution in [-0.4, -0.2) is 108 Å². The Morgan fingerprint density at radius 3 is 2.44 bits per heavy atom. The van der Waals surface area contributed by atoms with Gasteiger partial charge < -0.3 is 40.7 Å². The number of benzene rings is 2. The quantitative estimate of drug-likeness (QED) is 0.0442. The Bertz CT molecular complexity index is 2630. The van der Waals surface area contributed by atoms with E-state index in [2.05, 4.69) is 39.5 Å². The molecule has 350 valence electrons. The predicted octanol–water partition coefficient (Wildman–Crippen LogP) is 5.67. The summed E-state index contributed by atoms with van der Waals surface area (Å²) in [4.78, 5) is 50.4. The Hall–Kier alpha value is -5.30. The molecular formula is C49H60N8O8S. The van der Waals surface area contributed by atoms with E-state index in [9.17, 15) is 34.8 Å². The second-order valence-electron chi connectivity index (χ2n) is 20.4. The summed E-state index contributed by atoms with van der Waals surface area (Å²) in [5.74, 6) is -1.24. The van der Waals surface area contributed by atoms with E-state index in [1.165, 1.54) is 18.3 Å². The van der Waals surface area contributed by atoms with Gasteiger partial charge in [0.1, 0.15) is 11.4 Å². The average molecular weight is 921 g/mol. The number of rotatable bonds is 17. The summed E-state index contributed by atoms with van der Waals surface area (Å²) in [7, 11) is 0. The lowest BCUT2D eigenvalue weighted by Crippen LogP contribution is -2.64. The van der Waals surface area contributed by atoms with Crippen molar-refractivity contribution in [2.45, 2.75) is 110 Å². The lowest BCUT2D eigenvalue weighted by molar-refractivity contribution is -0.247. The maximum Gasteiger partial charge on any atom is 0.355 e. The molecule has 10 rings (SSSR count). The summed E-state index contributed by atoms with van der Waals surface area (Å²) in [6, 6.07) is 17.2. The van der Waals surface area contributed by atoms with E-state index in [0.29, 0.717) is 67.8 Å². The van der Waals surface area contributed by atoms with E-state index in [-0.39, 0.29) is 39.9 Å². The first-order valence-electron chi connectivity index (χ1n) is 22.8. The number of pyridine rings is 1. The van der Waals surface area contributed by atoms with Gasteiger partial charge in [0.25, 0.3) is 5.91 Å². The zero-order valence-corrected chi connectivity index (χ0v) is 38.8. The van der Waals surface area contributed by atoms with Crippen LogP contribution in [0.15, 0.2) is 60.8 Å². The van der Waals surface area contributed by atoms with E-state index >= 15 is 0 Å². The molecule has 4 heterocycles. The number of nitrogens with one attached hydrogen (secondary N) is 3. The van der Waals surface area contributed by atoms with Gasteiger partial charge in [0.2, 0.25) is 5.91 Å². The van der Waals surface area contributed by atoms with Crippen LogP contribution in [0.2, 0.25) is 0 Å². The van der Waals surface area contributed by atoms with E-state index in [1.807, 2.05) is 66.4 Å². The van der Waals surface area contributed by atoms with Gasteiger partial charge in [-0.3, -0.25) is 19.6 Å². The highest BCUT2D eigenvalue weighted by atomic mass is 32.1. The molecule has 1 aliphatic heterocycles. The standard InChI is InChI=1S/C49H60N8O8S/c1-30-34(20-51-57(30)28-48-23-45(2)22-46(3,24-48)26-49(25-45,27-48)65-19-17-50-16-14-39(59)55-47(4,29-58)43(63)64)32-12-13-38(53-40(32)42(61)62)56-18-15-31-8-7-9-33(35(31)21-56)41(60)54-44-52-36-10-5-6-11-37(36)66-44/h5-13,20,43,50,58,63-64H,14-19,21-29H2,1-4H3,(H,55,59)(H,61,62)(H,52,54,60). The van der Waals surface area contributed by atoms with Crippen molar-refractivity contribution in [2.75, 3.05) is 43.1 Å². The van der Waals surface area contributed by atoms with Crippen LogP contribution in [0.25, 0.3) is 21.3 Å². The minimum absolute atomic E-state index is 0.0492. The summed E-state index contributed by atoms with van der Waals surface area (Å²) >= 11 is 1.43. The molecule has 3 unspecified atom stereocenters. The van der Waals surface area contributed by atoms with Crippen molar-refractivity contribution in [3.8, 4) is 11.1 Å². The maximum absolute atomic E-state index is 13.7. The highest BCUT2D eigenvalue weighted by Crippen LogP contribution is 2.72. The van der Waals surface area contributed by atoms with Gasteiger partial charge in [0.05, 0.1) is 35.2 Å². The van der Waals surface area contributed by atoms with E-state index in [4.69, 9.17) is 14.8 Å². The minimum atomic E-state index is -1.89. The number of aliphatic hydroxyl groups is 3. The molecule has 0 saturated heterocycles. The smallest absolute Gasteiger partial charge is 0.355 e. The Balaban J connectivity index is 0.875. The number of carbonyl (C=O) groups is 3. The van der Waals surface area contributed by atoms with Gasteiger partial charge in [-0.2, -0.15) is 5.10 Å². The van der Waals surface area contributed by atoms with Crippen molar-refractivity contribution >= 4 is 50.3 Å². The molecule has 4 aliphatic carbocycles. The fraction of sp³-hybridized carbons (Fsp3) is 0.510. The number of carboxylic acids is 1. The van der Waals surface area contributed by atoms with Gasteiger partial charge in [-0.15, -0.1) is 0 Å². The number of nitrogens with zero attached hydrogens (tertiary/aromatic N) is 5. The molecule has 3 aromatic heterocycles. The number of hydrogen-bond acceptors (Lipinski definition) is 13. The van der Waals surface area contributed by atoms with Crippen LogP contribution >= 0.6 is 11.3 Å².